The van der Waals surface area contributed by atoms with Crippen molar-refractivity contribution in [1.82, 2.24) is 5.32 Å². The summed E-state index contributed by atoms with van der Waals surface area (Å²) >= 11 is 7.53. The van der Waals surface area contributed by atoms with E-state index in [1.54, 1.807) is 23.9 Å². The Hall–Kier alpha value is -1.20. The smallest absolute Gasteiger partial charge is 0.305 e. The third-order valence-electron chi connectivity index (χ3n) is 2.49. The molecule has 0 aliphatic heterocycles. The van der Waals surface area contributed by atoms with E-state index in [1.165, 1.54) is 7.11 Å². The largest absolute Gasteiger partial charge is 0.469 e. The van der Waals surface area contributed by atoms with E-state index in [0.29, 0.717) is 23.6 Å². The summed E-state index contributed by atoms with van der Waals surface area (Å²) in [6, 6.07) is 5.32. The van der Waals surface area contributed by atoms with Crippen LogP contribution in [0.1, 0.15) is 23.2 Å². The monoisotopic (exact) mass is 301 g/mol. The summed E-state index contributed by atoms with van der Waals surface area (Å²) in [7, 11) is 1.34. The van der Waals surface area contributed by atoms with Gasteiger partial charge in [-0.05, 0) is 30.9 Å². The standard InChI is InChI=1S/C13H16ClNO3S/c1-18-12(16)4-3-7-15-13(17)10-8-9(19-2)5-6-11(10)14/h5-6,8H,3-4,7H2,1-2H3,(H,15,17). The topological polar surface area (TPSA) is 55.4 Å². The van der Waals surface area contributed by atoms with Crippen LogP contribution < -0.4 is 5.32 Å². The molecule has 0 unspecified atom stereocenters. The van der Waals surface area contributed by atoms with Gasteiger partial charge in [-0.15, -0.1) is 11.8 Å². The molecule has 1 aromatic rings. The lowest BCUT2D eigenvalue weighted by Gasteiger charge is -2.07. The van der Waals surface area contributed by atoms with Crippen LogP contribution in [0.2, 0.25) is 5.02 Å². The highest BCUT2D eigenvalue weighted by molar-refractivity contribution is 7.98. The van der Waals surface area contributed by atoms with Gasteiger partial charge in [-0.25, -0.2) is 0 Å². The quantitative estimate of drug-likeness (QED) is 0.499. The fourth-order valence-electron chi connectivity index (χ4n) is 1.44. The number of benzene rings is 1. The molecule has 104 valence electrons. The number of carbonyl (C=O) groups is 2. The van der Waals surface area contributed by atoms with Gasteiger partial charge in [0.15, 0.2) is 0 Å². The van der Waals surface area contributed by atoms with Gasteiger partial charge in [0.2, 0.25) is 0 Å². The Morgan fingerprint density at radius 2 is 2.16 bits per heavy atom. The van der Waals surface area contributed by atoms with E-state index in [-0.39, 0.29) is 18.3 Å². The average molecular weight is 302 g/mol. The van der Waals surface area contributed by atoms with Crippen molar-refractivity contribution >= 4 is 35.2 Å². The number of nitrogens with one attached hydrogen (secondary N) is 1. The molecular weight excluding hydrogens is 286 g/mol. The Bertz CT molecular complexity index is 465. The molecule has 1 rings (SSSR count). The molecule has 1 amide bonds. The van der Waals surface area contributed by atoms with E-state index >= 15 is 0 Å². The lowest BCUT2D eigenvalue weighted by Crippen LogP contribution is -2.25. The van der Waals surface area contributed by atoms with E-state index in [9.17, 15) is 9.59 Å². The van der Waals surface area contributed by atoms with Gasteiger partial charge in [-0.1, -0.05) is 11.6 Å². The van der Waals surface area contributed by atoms with Crippen LogP contribution in [0.3, 0.4) is 0 Å². The van der Waals surface area contributed by atoms with E-state index in [2.05, 4.69) is 10.1 Å². The average Bonchev–Trinajstić information content (AvgIpc) is 2.43. The number of thioether (sulfide) groups is 1. The summed E-state index contributed by atoms with van der Waals surface area (Å²) in [5.41, 5.74) is 0.451. The first-order valence-electron chi connectivity index (χ1n) is 5.77. The van der Waals surface area contributed by atoms with Crippen molar-refractivity contribution in [2.45, 2.75) is 17.7 Å². The number of methoxy groups -OCH3 is 1. The Kier molecular flexibility index (Phi) is 6.73. The predicted octanol–water partition coefficient (Wildman–Crippen LogP) is 2.74. The number of ether oxygens (including phenoxy) is 1. The number of halogens is 1. The van der Waals surface area contributed by atoms with Crippen molar-refractivity contribution in [3.05, 3.63) is 28.8 Å². The van der Waals surface area contributed by atoms with Crippen LogP contribution in [0.5, 0.6) is 0 Å². The zero-order valence-corrected chi connectivity index (χ0v) is 12.4. The maximum Gasteiger partial charge on any atom is 0.305 e. The SMILES string of the molecule is COC(=O)CCCNC(=O)c1cc(SC)ccc1Cl. The molecule has 0 atom stereocenters. The number of carbonyl (C=O) groups excluding carboxylic acids is 2. The summed E-state index contributed by atoms with van der Waals surface area (Å²) in [6.07, 6.45) is 2.76. The predicted molar refractivity (Wildman–Crippen MR) is 76.8 cm³/mol. The van der Waals surface area contributed by atoms with Crippen molar-refractivity contribution in [2.24, 2.45) is 0 Å². The minimum absolute atomic E-state index is 0.231. The first-order valence-corrected chi connectivity index (χ1v) is 7.37. The lowest BCUT2D eigenvalue weighted by atomic mass is 10.2. The third-order valence-corrected chi connectivity index (χ3v) is 3.54. The molecule has 0 heterocycles. The molecule has 0 aliphatic carbocycles. The van der Waals surface area contributed by atoms with Crippen LogP contribution in [0, 0.1) is 0 Å². The van der Waals surface area contributed by atoms with Gasteiger partial charge in [0.25, 0.3) is 5.91 Å². The van der Waals surface area contributed by atoms with Crippen molar-refractivity contribution in [1.29, 1.82) is 0 Å². The van der Waals surface area contributed by atoms with Gasteiger partial charge in [0.05, 0.1) is 17.7 Å². The molecule has 0 saturated carbocycles. The number of hydrogen-bond acceptors (Lipinski definition) is 4. The molecular formula is C13H16ClNO3S. The fourth-order valence-corrected chi connectivity index (χ4v) is 2.08. The molecule has 0 fully saturated rings. The highest BCUT2D eigenvalue weighted by Gasteiger charge is 2.11. The summed E-state index contributed by atoms with van der Waals surface area (Å²) < 4.78 is 4.52. The number of rotatable bonds is 6. The van der Waals surface area contributed by atoms with Gasteiger partial charge in [0.1, 0.15) is 0 Å². The van der Waals surface area contributed by atoms with Gasteiger partial charge >= 0.3 is 5.97 Å². The lowest BCUT2D eigenvalue weighted by molar-refractivity contribution is -0.140. The highest BCUT2D eigenvalue weighted by Crippen LogP contribution is 2.22. The summed E-state index contributed by atoms with van der Waals surface area (Å²) in [5, 5.41) is 3.15. The maximum atomic E-state index is 11.9. The number of amides is 1. The second-order valence-corrected chi connectivity index (χ2v) is 5.07. The Balaban J connectivity index is 2.51. The van der Waals surface area contributed by atoms with Crippen LogP contribution in [-0.2, 0) is 9.53 Å². The molecule has 0 radical (unpaired) electrons. The number of hydrogen-bond donors (Lipinski definition) is 1. The Morgan fingerprint density at radius 3 is 2.79 bits per heavy atom. The second-order valence-electron chi connectivity index (χ2n) is 3.78. The van der Waals surface area contributed by atoms with E-state index in [0.717, 1.165) is 4.90 Å². The van der Waals surface area contributed by atoms with Gasteiger partial charge in [-0.3, -0.25) is 9.59 Å². The molecule has 0 bridgehead atoms. The second kappa shape index (κ2) is 8.07. The molecule has 0 spiro atoms. The van der Waals surface area contributed by atoms with Crippen molar-refractivity contribution in [3.63, 3.8) is 0 Å². The molecule has 6 heteroatoms. The summed E-state index contributed by atoms with van der Waals surface area (Å²) in [6.45, 7) is 0.410. The minimum atomic E-state index is -0.281. The first kappa shape index (κ1) is 15.9. The molecule has 0 aliphatic rings. The van der Waals surface area contributed by atoms with Crippen molar-refractivity contribution in [3.8, 4) is 0 Å². The molecule has 4 nitrogen and oxygen atoms in total. The fraction of sp³-hybridized carbons (Fsp3) is 0.385. The first-order chi connectivity index (χ1) is 9.08. The summed E-state index contributed by atoms with van der Waals surface area (Å²) in [5.74, 6) is -0.512. The van der Waals surface area contributed by atoms with Crippen LogP contribution in [0.15, 0.2) is 23.1 Å². The van der Waals surface area contributed by atoms with Gasteiger partial charge in [0, 0.05) is 17.9 Å². The third kappa shape index (κ3) is 5.12. The van der Waals surface area contributed by atoms with Crippen LogP contribution in [0.4, 0.5) is 0 Å². The Labute approximate surface area is 121 Å². The molecule has 1 N–H and O–H groups in total. The van der Waals surface area contributed by atoms with Gasteiger partial charge in [-0.2, -0.15) is 0 Å². The van der Waals surface area contributed by atoms with Gasteiger partial charge < -0.3 is 10.1 Å². The summed E-state index contributed by atoms with van der Waals surface area (Å²) in [4.78, 5) is 23.8. The highest BCUT2D eigenvalue weighted by atomic mass is 35.5. The molecule has 19 heavy (non-hydrogen) atoms. The van der Waals surface area contributed by atoms with E-state index < -0.39 is 0 Å². The van der Waals surface area contributed by atoms with E-state index in [1.807, 2.05) is 12.3 Å². The number of esters is 1. The zero-order chi connectivity index (χ0) is 14.3. The van der Waals surface area contributed by atoms with E-state index in [4.69, 9.17) is 11.6 Å². The van der Waals surface area contributed by atoms with Crippen LogP contribution >= 0.6 is 23.4 Å². The van der Waals surface area contributed by atoms with Crippen molar-refractivity contribution in [2.75, 3.05) is 19.9 Å². The molecule has 0 aromatic heterocycles. The van der Waals surface area contributed by atoms with Crippen LogP contribution in [0.25, 0.3) is 0 Å². The molecule has 1 aromatic carbocycles. The zero-order valence-electron chi connectivity index (χ0n) is 10.9. The normalized spacial score (nSPS) is 10.1. The molecule has 0 saturated heterocycles. The minimum Gasteiger partial charge on any atom is -0.469 e. The Morgan fingerprint density at radius 1 is 1.42 bits per heavy atom. The van der Waals surface area contributed by atoms with Crippen LogP contribution in [-0.4, -0.2) is 31.8 Å². The van der Waals surface area contributed by atoms with Crippen molar-refractivity contribution < 1.29 is 14.3 Å². The maximum absolute atomic E-state index is 11.9.